The molecular formula is C31H21Cl2F4N3O3S. The predicted molar refractivity (Wildman–Crippen MR) is 164 cm³/mol. The maximum Gasteiger partial charge on any atom is 0.272 e. The molecule has 0 aliphatic rings. The van der Waals surface area contributed by atoms with Crippen LogP contribution < -0.4 is 16.0 Å². The first-order valence-corrected chi connectivity index (χ1v) is 14.3. The molecule has 44 heavy (non-hydrogen) atoms. The fraction of sp³-hybridized carbons (Fsp3) is 0.0645. The fourth-order valence-corrected chi connectivity index (χ4v) is 5.03. The van der Waals surface area contributed by atoms with Crippen LogP contribution in [0.4, 0.5) is 28.9 Å². The number of hydrogen-bond acceptors (Lipinski definition) is 4. The summed E-state index contributed by atoms with van der Waals surface area (Å²) < 4.78 is 54.8. The second-order valence-electron chi connectivity index (χ2n) is 9.12. The lowest BCUT2D eigenvalue weighted by Gasteiger charge is -2.14. The molecule has 0 fully saturated rings. The van der Waals surface area contributed by atoms with E-state index in [1.807, 2.05) is 5.32 Å². The molecular weight excluding hydrogens is 641 g/mol. The van der Waals surface area contributed by atoms with E-state index in [0.29, 0.717) is 26.7 Å². The summed E-state index contributed by atoms with van der Waals surface area (Å²) in [5, 5.41) is 6.86. The summed E-state index contributed by atoms with van der Waals surface area (Å²) in [4.78, 5) is 39.1. The average Bonchev–Trinajstić information content (AvgIpc) is 3.00. The highest BCUT2D eigenvalue weighted by Gasteiger charge is 2.24. The van der Waals surface area contributed by atoms with Gasteiger partial charge in [-0.15, -0.1) is 11.8 Å². The van der Waals surface area contributed by atoms with E-state index in [0.717, 1.165) is 11.8 Å². The monoisotopic (exact) mass is 661 g/mol. The molecule has 0 saturated carbocycles. The van der Waals surface area contributed by atoms with E-state index in [9.17, 15) is 31.9 Å². The highest BCUT2D eigenvalue weighted by molar-refractivity contribution is 8.00. The van der Waals surface area contributed by atoms with Gasteiger partial charge in [-0.05, 0) is 67.1 Å². The number of halogens is 6. The van der Waals surface area contributed by atoms with E-state index in [-0.39, 0.29) is 16.8 Å². The van der Waals surface area contributed by atoms with Crippen LogP contribution in [0.2, 0.25) is 10.0 Å². The molecule has 0 heterocycles. The van der Waals surface area contributed by atoms with Crippen molar-refractivity contribution in [2.24, 2.45) is 0 Å². The van der Waals surface area contributed by atoms with Gasteiger partial charge in [0.05, 0.1) is 5.25 Å². The van der Waals surface area contributed by atoms with Gasteiger partial charge in [0.1, 0.15) is 11.4 Å². The summed E-state index contributed by atoms with van der Waals surface area (Å²) >= 11 is 13.2. The van der Waals surface area contributed by atoms with Crippen LogP contribution in [0, 0.1) is 23.3 Å². The quantitative estimate of drug-likeness (QED) is 0.0733. The van der Waals surface area contributed by atoms with Gasteiger partial charge in [0, 0.05) is 32.3 Å². The van der Waals surface area contributed by atoms with Gasteiger partial charge in [0.25, 0.3) is 11.8 Å². The second kappa shape index (κ2) is 14.4. The second-order valence-corrected chi connectivity index (χ2v) is 11.4. The van der Waals surface area contributed by atoms with E-state index in [1.54, 1.807) is 54.6 Å². The van der Waals surface area contributed by atoms with Crippen molar-refractivity contribution in [3.05, 3.63) is 129 Å². The van der Waals surface area contributed by atoms with Crippen LogP contribution in [0.15, 0.2) is 89.5 Å². The zero-order chi connectivity index (χ0) is 32.0. The number of nitrogens with one attached hydrogen (secondary N) is 3. The van der Waals surface area contributed by atoms with Crippen molar-refractivity contribution in [2.75, 3.05) is 10.6 Å². The van der Waals surface area contributed by atoms with Crippen molar-refractivity contribution in [3.63, 3.8) is 0 Å². The largest absolute Gasteiger partial charge is 0.321 e. The molecule has 4 aromatic rings. The number of hydrogen-bond donors (Lipinski definition) is 3. The lowest BCUT2D eigenvalue weighted by atomic mass is 10.1. The standard InChI is InChI=1S/C31H21Cl2F4N3O3S/c1-16(29(41)40-28-26(36)23(34)15-24(35)27(28)37)44-21-11-9-20(10-12-21)38-31(43)25(13-18-7-8-19(32)14-22(18)33)39-30(42)17-5-3-2-4-6-17/h2-16H,1H3,(H,38,43)(H,39,42)(H,40,41)/b25-13-. The third-order valence-electron chi connectivity index (χ3n) is 5.95. The molecule has 6 nitrogen and oxygen atoms in total. The highest BCUT2D eigenvalue weighted by atomic mass is 35.5. The molecule has 0 radical (unpaired) electrons. The Kier molecular flexibility index (Phi) is 10.7. The fourth-order valence-electron chi connectivity index (χ4n) is 3.70. The zero-order valence-corrected chi connectivity index (χ0v) is 24.9. The Morgan fingerprint density at radius 2 is 1.45 bits per heavy atom. The first-order chi connectivity index (χ1) is 20.9. The van der Waals surface area contributed by atoms with Gasteiger partial charge in [-0.3, -0.25) is 14.4 Å². The predicted octanol–water partition coefficient (Wildman–Crippen LogP) is 8.08. The Labute approximate surface area is 263 Å². The van der Waals surface area contributed by atoms with Gasteiger partial charge < -0.3 is 16.0 Å². The minimum absolute atomic E-state index is 0.0433. The highest BCUT2D eigenvalue weighted by Crippen LogP contribution is 2.29. The molecule has 1 unspecified atom stereocenters. The lowest BCUT2D eigenvalue weighted by Crippen LogP contribution is -2.30. The van der Waals surface area contributed by atoms with Crippen LogP contribution in [-0.4, -0.2) is 23.0 Å². The zero-order valence-electron chi connectivity index (χ0n) is 22.6. The van der Waals surface area contributed by atoms with Crippen molar-refractivity contribution >= 4 is 70.1 Å². The summed E-state index contributed by atoms with van der Waals surface area (Å²) in [6.45, 7) is 1.43. The number of carbonyl (C=O) groups excluding carboxylic acids is 3. The molecule has 0 saturated heterocycles. The minimum Gasteiger partial charge on any atom is -0.321 e. The van der Waals surface area contributed by atoms with Crippen molar-refractivity contribution < 1.29 is 31.9 Å². The SMILES string of the molecule is CC(Sc1ccc(NC(=O)/C(=C/c2ccc(Cl)cc2Cl)NC(=O)c2ccccc2)cc1)C(=O)Nc1c(F)c(F)cc(F)c1F. The van der Waals surface area contributed by atoms with E-state index in [4.69, 9.17) is 23.2 Å². The van der Waals surface area contributed by atoms with Crippen molar-refractivity contribution in [1.29, 1.82) is 0 Å². The number of carbonyl (C=O) groups is 3. The van der Waals surface area contributed by atoms with Gasteiger partial charge in [-0.1, -0.05) is 47.5 Å². The molecule has 4 aromatic carbocycles. The van der Waals surface area contributed by atoms with Gasteiger partial charge in [0.15, 0.2) is 23.3 Å². The van der Waals surface area contributed by atoms with Crippen LogP contribution in [0.5, 0.6) is 0 Å². The molecule has 13 heteroatoms. The van der Waals surface area contributed by atoms with Crippen molar-refractivity contribution in [3.8, 4) is 0 Å². The first-order valence-electron chi connectivity index (χ1n) is 12.7. The van der Waals surface area contributed by atoms with Gasteiger partial charge in [-0.2, -0.15) is 0 Å². The molecule has 0 aromatic heterocycles. The summed E-state index contributed by atoms with van der Waals surface area (Å²) in [5.41, 5.74) is -0.255. The van der Waals surface area contributed by atoms with E-state index < -0.39 is 51.9 Å². The molecule has 0 bridgehead atoms. The Morgan fingerprint density at radius 1 is 0.818 bits per heavy atom. The Morgan fingerprint density at radius 3 is 2.07 bits per heavy atom. The van der Waals surface area contributed by atoms with Crippen LogP contribution in [0.25, 0.3) is 6.08 Å². The molecule has 0 aliphatic carbocycles. The van der Waals surface area contributed by atoms with Gasteiger partial charge in [0.2, 0.25) is 5.91 Å². The molecule has 3 amide bonds. The molecule has 4 rings (SSSR count). The summed E-state index contributed by atoms with van der Waals surface area (Å²) in [5.74, 6) is -8.84. The molecule has 0 aliphatic heterocycles. The molecule has 226 valence electrons. The summed E-state index contributed by atoms with van der Waals surface area (Å²) in [6.07, 6.45) is 1.40. The number of anilines is 2. The van der Waals surface area contributed by atoms with E-state index >= 15 is 0 Å². The van der Waals surface area contributed by atoms with Gasteiger partial charge in [-0.25, -0.2) is 17.6 Å². The minimum atomic E-state index is -1.72. The van der Waals surface area contributed by atoms with E-state index in [1.165, 1.54) is 31.2 Å². The Balaban J connectivity index is 1.46. The Bertz CT molecular complexity index is 1730. The summed E-state index contributed by atoms with van der Waals surface area (Å²) in [6, 6.07) is 19.1. The maximum atomic E-state index is 13.9. The van der Waals surface area contributed by atoms with Crippen molar-refractivity contribution in [2.45, 2.75) is 17.1 Å². The third-order valence-corrected chi connectivity index (χ3v) is 7.62. The van der Waals surface area contributed by atoms with Crippen LogP contribution in [0.3, 0.4) is 0 Å². The third kappa shape index (κ3) is 8.19. The smallest absolute Gasteiger partial charge is 0.272 e. The maximum absolute atomic E-state index is 13.9. The lowest BCUT2D eigenvalue weighted by molar-refractivity contribution is -0.115. The average molecular weight is 662 g/mol. The number of rotatable bonds is 9. The normalized spacial score (nSPS) is 11.9. The van der Waals surface area contributed by atoms with Crippen LogP contribution >= 0.6 is 35.0 Å². The number of thioether (sulfide) groups is 1. The molecule has 1 atom stereocenters. The van der Waals surface area contributed by atoms with Gasteiger partial charge >= 0.3 is 0 Å². The van der Waals surface area contributed by atoms with Crippen LogP contribution in [-0.2, 0) is 9.59 Å². The summed E-state index contributed by atoms with van der Waals surface area (Å²) in [7, 11) is 0. The van der Waals surface area contributed by atoms with Crippen LogP contribution in [0.1, 0.15) is 22.8 Å². The molecule has 0 spiro atoms. The number of benzene rings is 4. The number of amides is 3. The topological polar surface area (TPSA) is 87.3 Å². The first kappa shape index (κ1) is 32.6. The van der Waals surface area contributed by atoms with E-state index in [2.05, 4.69) is 10.6 Å². The van der Waals surface area contributed by atoms with Crippen molar-refractivity contribution in [1.82, 2.24) is 5.32 Å². The molecule has 3 N–H and O–H groups in total. The Hall–Kier alpha value is -4.32.